The molecule has 1 saturated heterocycles. The first kappa shape index (κ1) is 13.5. The van der Waals surface area contributed by atoms with Crippen LogP contribution < -0.4 is 4.74 Å². The standard InChI is InChI=1S/C19H21NO3/c1-20-8-7-19-13-5-4-12(22-2)10-16(19)23-18-15(21)6-3-11(17(18)19)9-14(13)20/h3-6,14,16,21H,7-10H2,1-2H3. The van der Waals surface area contributed by atoms with E-state index in [0.29, 0.717) is 11.8 Å². The number of ether oxygens (including phenoxy) is 2. The molecule has 2 aliphatic heterocycles. The number of benzene rings is 1. The molecule has 3 unspecified atom stereocenters. The van der Waals surface area contributed by atoms with Gasteiger partial charge in [0.2, 0.25) is 0 Å². The molecule has 0 saturated carbocycles. The average Bonchev–Trinajstić information content (AvgIpc) is 2.77. The fourth-order valence-electron chi connectivity index (χ4n) is 5.13. The first-order valence-corrected chi connectivity index (χ1v) is 8.32. The van der Waals surface area contributed by atoms with Crippen LogP contribution in [0.25, 0.3) is 0 Å². The maximum absolute atomic E-state index is 10.4. The largest absolute Gasteiger partial charge is 0.504 e. The van der Waals surface area contributed by atoms with Crippen molar-refractivity contribution in [3.05, 3.63) is 46.7 Å². The van der Waals surface area contributed by atoms with Crippen LogP contribution in [0.4, 0.5) is 0 Å². The molecule has 0 amide bonds. The van der Waals surface area contributed by atoms with Crippen LogP contribution in [0, 0.1) is 0 Å². The molecule has 1 N–H and O–H groups in total. The zero-order valence-electron chi connectivity index (χ0n) is 13.5. The molecule has 3 atom stereocenters. The number of rotatable bonds is 1. The first-order chi connectivity index (χ1) is 11.1. The van der Waals surface area contributed by atoms with Crippen LogP contribution >= 0.6 is 0 Å². The molecule has 2 aliphatic carbocycles. The summed E-state index contributed by atoms with van der Waals surface area (Å²) >= 11 is 0. The number of methoxy groups -OCH3 is 1. The van der Waals surface area contributed by atoms with Gasteiger partial charge in [-0.05, 0) is 49.7 Å². The van der Waals surface area contributed by atoms with Gasteiger partial charge in [0.25, 0.3) is 0 Å². The Morgan fingerprint density at radius 1 is 1.30 bits per heavy atom. The molecule has 1 spiro atoms. The highest BCUT2D eigenvalue weighted by Crippen LogP contribution is 2.61. The van der Waals surface area contributed by atoms with Crippen molar-refractivity contribution in [2.75, 3.05) is 20.7 Å². The molecule has 1 aromatic carbocycles. The number of hydrogen-bond acceptors (Lipinski definition) is 4. The number of hydrogen-bond donors (Lipinski definition) is 1. The minimum atomic E-state index is -0.102. The Morgan fingerprint density at radius 2 is 2.17 bits per heavy atom. The second kappa shape index (κ2) is 4.32. The van der Waals surface area contributed by atoms with E-state index in [1.54, 1.807) is 13.2 Å². The Labute approximate surface area is 136 Å². The Kier molecular flexibility index (Phi) is 2.54. The topological polar surface area (TPSA) is 41.9 Å². The molecule has 0 radical (unpaired) electrons. The Hall–Kier alpha value is -1.94. The predicted octanol–water partition coefficient (Wildman–Crippen LogP) is 2.51. The molecule has 1 fully saturated rings. The van der Waals surface area contributed by atoms with Crippen molar-refractivity contribution in [1.29, 1.82) is 0 Å². The summed E-state index contributed by atoms with van der Waals surface area (Å²) in [5.41, 5.74) is 3.90. The molecule has 120 valence electrons. The molecule has 0 aromatic heterocycles. The summed E-state index contributed by atoms with van der Waals surface area (Å²) in [5, 5.41) is 10.4. The van der Waals surface area contributed by atoms with Crippen molar-refractivity contribution < 1.29 is 14.6 Å². The van der Waals surface area contributed by atoms with Crippen LogP contribution in [0.5, 0.6) is 11.5 Å². The highest BCUT2D eigenvalue weighted by atomic mass is 16.5. The fourth-order valence-corrected chi connectivity index (χ4v) is 5.13. The normalized spacial score (nSPS) is 34.0. The summed E-state index contributed by atoms with van der Waals surface area (Å²) in [4.78, 5) is 2.45. The molecule has 2 bridgehead atoms. The van der Waals surface area contributed by atoms with E-state index in [4.69, 9.17) is 9.47 Å². The molecular formula is C19H21NO3. The van der Waals surface area contributed by atoms with Crippen LogP contribution in [0.3, 0.4) is 0 Å². The molecule has 4 nitrogen and oxygen atoms in total. The van der Waals surface area contributed by atoms with E-state index in [0.717, 1.165) is 31.6 Å². The van der Waals surface area contributed by atoms with E-state index < -0.39 is 0 Å². The third-order valence-corrected chi connectivity index (χ3v) is 6.25. The van der Waals surface area contributed by atoms with Crippen LogP contribution in [-0.2, 0) is 16.6 Å². The number of likely N-dealkylation sites (N-methyl/N-ethyl adjacent to an activating group) is 1. The van der Waals surface area contributed by atoms with Crippen LogP contribution in [0.15, 0.2) is 35.6 Å². The second-order valence-corrected chi connectivity index (χ2v) is 7.14. The number of piperidine rings is 1. The number of nitrogens with zero attached hydrogens (tertiary/aromatic N) is 1. The van der Waals surface area contributed by atoms with Crippen molar-refractivity contribution in [2.24, 2.45) is 0 Å². The third kappa shape index (κ3) is 1.50. The molecular weight excluding hydrogens is 290 g/mol. The van der Waals surface area contributed by atoms with Gasteiger partial charge in [-0.1, -0.05) is 12.1 Å². The van der Waals surface area contributed by atoms with Crippen LogP contribution in [-0.4, -0.2) is 42.9 Å². The van der Waals surface area contributed by atoms with Gasteiger partial charge in [-0.25, -0.2) is 0 Å². The van der Waals surface area contributed by atoms with Gasteiger partial charge >= 0.3 is 0 Å². The average molecular weight is 311 g/mol. The summed E-state index contributed by atoms with van der Waals surface area (Å²) in [6.07, 6.45) is 7.15. The zero-order valence-corrected chi connectivity index (χ0v) is 13.5. The maximum Gasteiger partial charge on any atom is 0.165 e. The quantitative estimate of drug-likeness (QED) is 0.865. The number of phenolic OH excluding ortho intramolecular Hbond substituents is 1. The van der Waals surface area contributed by atoms with E-state index in [2.05, 4.69) is 30.2 Å². The minimum Gasteiger partial charge on any atom is -0.504 e. The van der Waals surface area contributed by atoms with E-state index in [1.165, 1.54) is 16.7 Å². The molecule has 1 aromatic rings. The summed E-state index contributed by atoms with van der Waals surface area (Å²) in [6.45, 7) is 1.05. The smallest absolute Gasteiger partial charge is 0.165 e. The Morgan fingerprint density at radius 3 is 3.00 bits per heavy atom. The predicted molar refractivity (Wildman–Crippen MR) is 86.7 cm³/mol. The van der Waals surface area contributed by atoms with Crippen molar-refractivity contribution in [1.82, 2.24) is 4.90 Å². The van der Waals surface area contributed by atoms with Gasteiger partial charge in [0.1, 0.15) is 6.10 Å². The number of phenols is 1. The Bertz CT molecular complexity index is 766. The highest BCUT2D eigenvalue weighted by molar-refractivity contribution is 5.65. The van der Waals surface area contributed by atoms with Crippen LogP contribution in [0.1, 0.15) is 24.0 Å². The van der Waals surface area contributed by atoms with Gasteiger partial charge in [-0.2, -0.15) is 0 Å². The number of likely N-dealkylation sites (tertiary alicyclic amines) is 1. The van der Waals surface area contributed by atoms with Crippen molar-refractivity contribution >= 4 is 0 Å². The molecule has 4 aliphatic rings. The van der Waals surface area contributed by atoms with Gasteiger partial charge in [0.05, 0.1) is 18.3 Å². The summed E-state index contributed by atoms with van der Waals surface area (Å²) in [6, 6.07) is 4.28. The SMILES string of the molecule is COC1=CC=C2C3Cc4ccc(O)c5c4C2(CCN3C)C(C1)O5. The van der Waals surface area contributed by atoms with E-state index in [1.807, 2.05) is 0 Å². The van der Waals surface area contributed by atoms with Gasteiger partial charge in [-0.15, -0.1) is 0 Å². The lowest BCUT2D eigenvalue weighted by molar-refractivity contribution is 0.0865. The first-order valence-electron chi connectivity index (χ1n) is 8.32. The van der Waals surface area contributed by atoms with E-state index in [9.17, 15) is 5.11 Å². The van der Waals surface area contributed by atoms with Gasteiger partial charge < -0.3 is 14.6 Å². The molecule has 23 heavy (non-hydrogen) atoms. The van der Waals surface area contributed by atoms with E-state index in [-0.39, 0.29) is 17.3 Å². The minimum absolute atomic E-state index is 0.0148. The van der Waals surface area contributed by atoms with Crippen molar-refractivity contribution in [3.63, 3.8) is 0 Å². The van der Waals surface area contributed by atoms with Gasteiger partial charge in [0, 0.05) is 18.0 Å². The lowest BCUT2D eigenvalue weighted by Gasteiger charge is -2.51. The molecule has 2 heterocycles. The lowest BCUT2D eigenvalue weighted by atomic mass is 9.59. The zero-order chi connectivity index (χ0) is 15.8. The maximum atomic E-state index is 10.4. The van der Waals surface area contributed by atoms with Gasteiger partial charge in [0.15, 0.2) is 11.5 Å². The molecule has 4 heteroatoms. The van der Waals surface area contributed by atoms with Gasteiger partial charge in [-0.3, -0.25) is 4.90 Å². The number of allylic oxidation sites excluding steroid dienone is 2. The van der Waals surface area contributed by atoms with Crippen molar-refractivity contribution in [2.45, 2.75) is 36.8 Å². The Balaban J connectivity index is 1.81. The monoisotopic (exact) mass is 311 g/mol. The summed E-state index contributed by atoms with van der Waals surface area (Å²) in [7, 11) is 3.93. The summed E-state index contributed by atoms with van der Waals surface area (Å²) in [5.74, 6) is 1.93. The van der Waals surface area contributed by atoms with Crippen LogP contribution in [0.2, 0.25) is 0 Å². The summed E-state index contributed by atoms with van der Waals surface area (Å²) < 4.78 is 11.9. The van der Waals surface area contributed by atoms with Crippen molar-refractivity contribution in [3.8, 4) is 11.5 Å². The number of aromatic hydroxyl groups is 1. The van der Waals surface area contributed by atoms with E-state index >= 15 is 0 Å². The lowest BCUT2D eigenvalue weighted by Crippen LogP contribution is -2.57. The second-order valence-electron chi connectivity index (χ2n) is 7.14. The molecule has 5 rings (SSSR count). The highest BCUT2D eigenvalue weighted by Gasteiger charge is 2.59. The fraction of sp³-hybridized carbons (Fsp3) is 0.474. The third-order valence-electron chi connectivity index (χ3n) is 6.25.